The van der Waals surface area contributed by atoms with Crippen molar-refractivity contribution in [3.63, 3.8) is 0 Å². The van der Waals surface area contributed by atoms with Gasteiger partial charge in [-0.2, -0.15) is 0 Å². The molecule has 0 heterocycles. The van der Waals surface area contributed by atoms with Gasteiger partial charge in [0, 0.05) is 10.7 Å². The number of halogens is 1. The Kier molecular flexibility index (Phi) is 3.63. The minimum absolute atomic E-state index is 0.00757. The number of hydrogen-bond donors (Lipinski definition) is 3. The summed E-state index contributed by atoms with van der Waals surface area (Å²) in [5.74, 6) is -1.71. The van der Waals surface area contributed by atoms with E-state index in [0.29, 0.717) is 10.7 Å². The highest BCUT2D eigenvalue weighted by molar-refractivity contribution is 6.31. The Labute approximate surface area is 104 Å². The number of aromatic carboxylic acids is 1. The molecular weight excluding hydrogens is 244 g/mol. The number of carbonyl (C=O) groups excluding carboxylic acids is 1. The van der Waals surface area contributed by atoms with E-state index in [1.54, 1.807) is 13.8 Å². The maximum absolute atomic E-state index is 11.2. The minimum atomic E-state index is -1.13. The third kappa shape index (κ3) is 3.10. The number of amides is 1. The first kappa shape index (κ1) is 13.3. The maximum Gasteiger partial charge on any atom is 0.337 e. The van der Waals surface area contributed by atoms with Crippen LogP contribution >= 0.6 is 11.6 Å². The van der Waals surface area contributed by atoms with Crippen LogP contribution in [0.4, 0.5) is 5.69 Å². The van der Waals surface area contributed by atoms with Crippen LogP contribution in [-0.4, -0.2) is 22.5 Å². The van der Waals surface area contributed by atoms with Crippen LogP contribution in [0.1, 0.15) is 24.2 Å². The highest BCUT2D eigenvalue weighted by Crippen LogP contribution is 2.23. The summed E-state index contributed by atoms with van der Waals surface area (Å²) in [6.45, 7) is 3.13. The zero-order valence-electron chi connectivity index (χ0n) is 9.45. The molecule has 0 radical (unpaired) electrons. The molecule has 4 N–H and O–H groups in total. The number of hydrogen-bond acceptors (Lipinski definition) is 3. The van der Waals surface area contributed by atoms with E-state index in [9.17, 15) is 9.59 Å². The van der Waals surface area contributed by atoms with Gasteiger partial charge in [-0.05, 0) is 32.0 Å². The molecule has 0 aliphatic rings. The molecular formula is C11H13ClN2O3. The van der Waals surface area contributed by atoms with Crippen molar-refractivity contribution in [1.29, 1.82) is 0 Å². The van der Waals surface area contributed by atoms with Gasteiger partial charge in [-0.15, -0.1) is 0 Å². The van der Waals surface area contributed by atoms with E-state index in [2.05, 4.69) is 5.32 Å². The molecule has 1 amide bonds. The van der Waals surface area contributed by atoms with E-state index in [-0.39, 0.29) is 5.56 Å². The average Bonchev–Trinajstić information content (AvgIpc) is 2.19. The van der Waals surface area contributed by atoms with Crippen LogP contribution in [0.15, 0.2) is 18.2 Å². The summed E-state index contributed by atoms with van der Waals surface area (Å²) in [4.78, 5) is 22.2. The topological polar surface area (TPSA) is 92.4 Å². The number of primary amides is 1. The van der Waals surface area contributed by atoms with Gasteiger partial charge < -0.3 is 16.2 Å². The zero-order valence-corrected chi connectivity index (χ0v) is 10.2. The quantitative estimate of drug-likeness (QED) is 0.765. The summed E-state index contributed by atoms with van der Waals surface area (Å²) in [6, 6.07) is 4.34. The van der Waals surface area contributed by atoms with Gasteiger partial charge >= 0.3 is 5.97 Å². The standard InChI is InChI=1S/C11H13ClN2O3/c1-11(2,10(13)17)14-8-4-3-6(12)5-7(8)9(15)16/h3-5,14H,1-2H3,(H2,13,17)(H,15,16). The molecule has 6 heteroatoms. The van der Waals surface area contributed by atoms with Crippen molar-refractivity contribution in [2.75, 3.05) is 5.32 Å². The van der Waals surface area contributed by atoms with Gasteiger partial charge in [-0.3, -0.25) is 4.79 Å². The summed E-state index contributed by atoms with van der Waals surface area (Å²) in [5.41, 5.74) is 4.44. The van der Waals surface area contributed by atoms with Crippen LogP contribution in [-0.2, 0) is 4.79 Å². The molecule has 0 aliphatic carbocycles. The second-order valence-electron chi connectivity index (χ2n) is 4.11. The molecule has 0 spiro atoms. The number of rotatable bonds is 4. The molecule has 92 valence electrons. The van der Waals surface area contributed by atoms with Gasteiger partial charge in [0.2, 0.25) is 5.91 Å². The largest absolute Gasteiger partial charge is 0.478 e. The van der Waals surface area contributed by atoms with E-state index in [1.165, 1.54) is 18.2 Å². The first-order chi connectivity index (χ1) is 7.74. The third-order valence-electron chi connectivity index (χ3n) is 2.28. The SMILES string of the molecule is CC(C)(Nc1ccc(Cl)cc1C(=O)O)C(N)=O. The van der Waals surface area contributed by atoms with Gasteiger partial charge in [0.25, 0.3) is 0 Å². The van der Waals surface area contributed by atoms with E-state index >= 15 is 0 Å². The first-order valence-corrected chi connectivity index (χ1v) is 5.23. The van der Waals surface area contributed by atoms with Crippen molar-refractivity contribution < 1.29 is 14.7 Å². The third-order valence-corrected chi connectivity index (χ3v) is 2.51. The highest BCUT2D eigenvalue weighted by atomic mass is 35.5. The Morgan fingerprint density at radius 1 is 1.41 bits per heavy atom. The summed E-state index contributed by atoms with van der Waals surface area (Å²) < 4.78 is 0. The Morgan fingerprint density at radius 2 is 2.00 bits per heavy atom. The van der Waals surface area contributed by atoms with Crippen molar-refractivity contribution in [3.8, 4) is 0 Å². The van der Waals surface area contributed by atoms with Crippen molar-refractivity contribution in [2.45, 2.75) is 19.4 Å². The molecule has 0 bridgehead atoms. The molecule has 0 saturated carbocycles. The molecule has 0 aliphatic heterocycles. The molecule has 0 fully saturated rings. The predicted molar refractivity (Wildman–Crippen MR) is 65.3 cm³/mol. The Hall–Kier alpha value is -1.75. The normalized spacial score (nSPS) is 11.0. The van der Waals surface area contributed by atoms with Crippen molar-refractivity contribution in [2.24, 2.45) is 5.73 Å². The fourth-order valence-corrected chi connectivity index (χ4v) is 1.37. The van der Waals surface area contributed by atoms with E-state index in [1.807, 2.05) is 0 Å². The van der Waals surface area contributed by atoms with Crippen LogP contribution < -0.4 is 11.1 Å². The maximum atomic E-state index is 11.2. The van der Waals surface area contributed by atoms with Gasteiger partial charge in [-0.25, -0.2) is 4.79 Å². The number of nitrogens with one attached hydrogen (secondary N) is 1. The smallest absolute Gasteiger partial charge is 0.337 e. The minimum Gasteiger partial charge on any atom is -0.478 e. The number of carboxylic acids is 1. The number of nitrogens with two attached hydrogens (primary N) is 1. The number of benzene rings is 1. The lowest BCUT2D eigenvalue weighted by Crippen LogP contribution is -2.45. The van der Waals surface area contributed by atoms with Gasteiger partial charge in [0.15, 0.2) is 0 Å². The van der Waals surface area contributed by atoms with Gasteiger partial charge in [-0.1, -0.05) is 11.6 Å². The number of carboxylic acid groups (broad SMARTS) is 1. The summed E-state index contributed by atoms with van der Waals surface area (Å²) in [6.07, 6.45) is 0. The highest BCUT2D eigenvalue weighted by Gasteiger charge is 2.26. The lowest BCUT2D eigenvalue weighted by molar-refractivity contribution is -0.121. The van der Waals surface area contributed by atoms with Crippen LogP contribution in [0.2, 0.25) is 5.02 Å². The predicted octanol–water partition coefficient (Wildman–Crippen LogP) is 1.71. The summed E-state index contributed by atoms with van der Waals surface area (Å²) in [5, 5.41) is 12.1. The lowest BCUT2D eigenvalue weighted by Gasteiger charge is -2.24. The van der Waals surface area contributed by atoms with Gasteiger partial charge in [0.1, 0.15) is 5.54 Å². The van der Waals surface area contributed by atoms with Crippen LogP contribution in [0, 0.1) is 0 Å². The summed E-state index contributed by atoms with van der Waals surface area (Å²) >= 11 is 5.71. The Balaban J connectivity index is 3.15. The van der Waals surface area contributed by atoms with Crippen molar-refractivity contribution >= 4 is 29.2 Å². The number of anilines is 1. The summed E-state index contributed by atoms with van der Waals surface area (Å²) in [7, 11) is 0. The Morgan fingerprint density at radius 3 is 2.47 bits per heavy atom. The molecule has 17 heavy (non-hydrogen) atoms. The Bertz CT molecular complexity index is 472. The first-order valence-electron chi connectivity index (χ1n) is 4.85. The molecule has 1 aromatic rings. The molecule has 0 unspecified atom stereocenters. The van der Waals surface area contributed by atoms with Crippen LogP contribution in [0.5, 0.6) is 0 Å². The fourth-order valence-electron chi connectivity index (χ4n) is 1.20. The molecule has 0 aromatic heterocycles. The van der Waals surface area contributed by atoms with E-state index < -0.39 is 17.4 Å². The average molecular weight is 257 g/mol. The zero-order chi connectivity index (χ0) is 13.2. The van der Waals surface area contributed by atoms with Crippen molar-refractivity contribution in [3.05, 3.63) is 28.8 Å². The van der Waals surface area contributed by atoms with Crippen LogP contribution in [0.25, 0.3) is 0 Å². The fraction of sp³-hybridized carbons (Fsp3) is 0.273. The molecule has 1 aromatic carbocycles. The van der Waals surface area contributed by atoms with E-state index in [0.717, 1.165) is 0 Å². The van der Waals surface area contributed by atoms with Crippen molar-refractivity contribution in [1.82, 2.24) is 0 Å². The van der Waals surface area contributed by atoms with Gasteiger partial charge in [0.05, 0.1) is 5.56 Å². The lowest BCUT2D eigenvalue weighted by atomic mass is 10.0. The molecule has 5 nitrogen and oxygen atoms in total. The van der Waals surface area contributed by atoms with Crippen LogP contribution in [0.3, 0.4) is 0 Å². The molecule has 0 atom stereocenters. The second kappa shape index (κ2) is 4.63. The monoisotopic (exact) mass is 256 g/mol. The molecule has 0 saturated heterocycles. The van der Waals surface area contributed by atoms with E-state index in [4.69, 9.17) is 22.4 Å². The second-order valence-corrected chi connectivity index (χ2v) is 4.55. The molecule has 1 rings (SSSR count). The number of carbonyl (C=O) groups is 2.